The Hall–Kier alpha value is -3.02. The summed E-state index contributed by atoms with van der Waals surface area (Å²) in [6.45, 7) is 2.31. The first-order chi connectivity index (χ1) is 12.5. The van der Waals surface area contributed by atoms with Gasteiger partial charge in [-0.2, -0.15) is 0 Å². The fourth-order valence-corrected chi connectivity index (χ4v) is 2.48. The Morgan fingerprint density at radius 3 is 2.31 bits per heavy atom. The molecule has 0 aliphatic rings. The molecule has 6 nitrogen and oxygen atoms in total. The lowest BCUT2D eigenvalue weighted by molar-refractivity contribution is -0.133. The Labute approximate surface area is 153 Å². The summed E-state index contributed by atoms with van der Waals surface area (Å²) in [7, 11) is 3.16. The minimum atomic E-state index is -0.247. The fraction of sp³-hybridized carbons (Fsp3) is 0.300. The number of ether oxygens (including phenoxy) is 2. The molecule has 26 heavy (non-hydrogen) atoms. The number of nitrogens with zero attached hydrogens (tertiary/aromatic N) is 1. The van der Waals surface area contributed by atoms with Gasteiger partial charge in [-0.15, -0.1) is 0 Å². The van der Waals surface area contributed by atoms with Crippen LogP contribution in [0.1, 0.15) is 12.5 Å². The van der Waals surface area contributed by atoms with Crippen LogP contribution in [0.4, 0.5) is 5.69 Å². The van der Waals surface area contributed by atoms with Crippen LogP contribution < -0.4 is 14.8 Å². The molecule has 0 saturated carbocycles. The van der Waals surface area contributed by atoms with E-state index in [0.717, 1.165) is 11.3 Å². The van der Waals surface area contributed by atoms with Crippen LogP contribution in [0.15, 0.2) is 48.5 Å². The summed E-state index contributed by atoms with van der Waals surface area (Å²) < 4.78 is 10.2. The highest BCUT2D eigenvalue weighted by Crippen LogP contribution is 2.17. The molecule has 0 fully saturated rings. The number of methoxy groups -OCH3 is 2. The molecule has 0 radical (unpaired) electrons. The number of likely N-dealkylation sites (N-methyl/N-ethyl adjacent to an activating group) is 1. The van der Waals surface area contributed by atoms with Crippen LogP contribution in [0, 0.1) is 0 Å². The molecule has 2 aromatic rings. The zero-order valence-electron chi connectivity index (χ0n) is 15.3. The van der Waals surface area contributed by atoms with Crippen LogP contribution in [0.3, 0.4) is 0 Å². The highest BCUT2D eigenvalue weighted by Gasteiger charge is 2.16. The molecule has 0 unspecified atom stereocenters. The van der Waals surface area contributed by atoms with Crippen LogP contribution >= 0.6 is 0 Å². The first-order valence-electron chi connectivity index (χ1n) is 8.40. The standard InChI is InChI=1S/C20H24N2O4/c1-4-22(20(24)12-15-8-10-17(25-2)11-9-15)14-19(23)21-16-6-5-7-18(13-16)26-3/h5-11,13H,4,12,14H2,1-3H3,(H,21,23). The number of carbonyl (C=O) groups excluding carboxylic acids is 2. The smallest absolute Gasteiger partial charge is 0.243 e. The van der Waals surface area contributed by atoms with Crippen LogP contribution in [-0.4, -0.2) is 44.0 Å². The number of benzene rings is 2. The topological polar surface area (TPSA) is 67.9 Å². The number of carbonyl (C=O) groups is 2. The molecule has 6 heteroatoms. The minimum absolute atomic E-state index is 0.00268. The zero-order chi connectivity index (χ0) is 18.9. The molecular formula is C20H24N2O4. The first-order valence-corrected chi connectivity index (χ1v) is 8.40. The molecule has 2 aromatic carbocycles. The van der Waals surface area contributed by atoms with Crippen molar-refractivity contribution < 1.29 is 19.1 Å². The summed E-state index contributed by atoms with van der Waals surface area (Å²) in [5, 5.41) is 2.79. The summed E-state index contributed by atoms with van der Waals surface area (Å²) in [5.74, 6) is 1.05. The highest BCUT2D eigenvalue weighted by atomic mass is 16.5. The zero-order valence-corrected chi connectivity index (χ0v) is 15.3. The molecule has 2 amide bonds. The Bertz CT molecular complexity index is 744. The van der Waals surface area contributed by atoms with Crippen molar-refractivity contribution in [3.63, 3.8) is 0 Å². The van der Waals surface area contributed by atoms with E-state index in [4.69, 9.17) is 9.47 Å². The van der Waals surface area contributed by atoms with Gasteiger partial charge in [-0.3, -0.25) is 9.59 Å². The molecule has 0 spiro atoms. The molecular weight excluding hydrogens is 332 g/mol. The van der Waals surface area contributed by atoms with Gasteiger partial charge in [-0.1, -0.05) is 18.2 Å². The predicted octanol–water partition coefficient (Wildman–Crippen LogP) is 2.73. The lowest BCUT2D eigenvalue weighted by Crippen LogP contribution is -2.38. The number of hydrogen-bond donors (Lipinski definition) is 1. The summed E-state index contributed by atoms with van der Waals surface area (Å²) in [6.07, 6.45) is 0.240. The molecule has 1 N–H and O–H groups in total. The van der Waals surface area contributed by atoms with Gasteiger partial charge in [-0.05, 0) is 36.8 Å². The van der Waals surface area contributed by atoms with E-state index in [1.54, 1.807) is 38.5 Å². The lowest BCUT2D eigenvalue weighted by atomic mass is 10.1. The second-order valence-corrected chi connectivity index (χ2v) is 5.71. The predicted molar refractivity (Wildman–Crippen MR) is 101 cm³/mol. The Balaban J connectivity index is 1.93. The molecule has 0 atom stereocenters. The van der Waals surface area contributed by atoms with Crippen LogP contribution in [0.2, 0.25) is 0 Å². The average Bonchev–Trinajstić information content (AvgIpc) is 2.66. The third-order valence-electron chi connectivity index (χ3n) is 3.94. The second kappa shape index (κ2) is 9.46. The van der Waals surface area contributed by atoms with Gasteiger partial charge in [0.2, 0.25) is 11.8 Å². The van der Waals surface area contributed by atoms with Crippen molar-refractivity contribution in [3.05, 3.63) is 54.1 Å². The van der Waals surface area contributed by atoms with Gasteiger partial charge in [0.1, 0.15) is 11.5 Å². The van der Waals surface area contributed by atoms with E-state index in [0.29, 0.717) is 18.0 Å². The third kappa shape index (κ3) is 5.51. The molecule has 0 saturated heterocycles. The Kier molecular flexibility index (Phi) is 7.02. The normalized spacial score (nSPS) is 10.1. The minimum Gasteiger partial charge on any atom is -0.497 e. The van der Waals surface area contributed by atoms with Crippen LogP contribution in [-0.2, 0) is 16.0 Å². The van der Waals surface area contributed by atoms with E-state index >= 15 is 0 Å². The second-order valence-electron chi connectivity index (χ2n) is 5.71. The van der Waals surface area contributed by atoms with E-state index in [-0.39, 0.29) is 24.8 Å². The number of hydrogen-bond acceptors (Lipinski definition) is 4. The quantitative estimate of drug-likeness (QED) is 0.790. The van der Waals surface area contributed by atoms with Gasteiger partial charge in [0.05, 0.1) is 27.2 Å². The van der Waals surface area contributed by atoms with E-state index in [2.05, 4.69) is 5.32 Å². The fourth-order valence-electron chi connectivity index (χ4n) is 2.48. The average molecular weight is 356 g/mol. The molecule has 2 rings (SSSR count). The Morgan fingerprint density at radius 2 is 1.69 bits per heavy atom. The molecule has 0 aliphatic carbocycles. The molecule has 138 valence electrons. The van der Waals surface area contributed by atoms with E-state index in [9.17, 15) is 9.59 Å². The van der Waals surface area contributed by atoms with Gasteiger partial charge in [0.25, 0.3) is 0 Å². The lowest BCUT2D eigenvalue weighted by Gasteiger charge is -2.20. The van der Waals surface area contributed by atoms with Gasteiger partial charge < -0.3 is 19.7 Å². The van der Waals surface area contributed by atoms with Crippen molar-refractivity contribution in [2.75, 3.05) is 32.6 Å². The number of nitrogens with one attached hydrogen (secondary N) is 1. The van der Waals surface area contributed by atoms with Gasteiger partial charge in [0.15, 0.2) is 0 Å². The maximum atomic E-state index is 12.5. The van der Waals surface area contributed by atoms with Crippen molar-refractivity contribution >= 4 is 17.5 Å². The summed E-state index contributed by atoms with van der Waals surface area (Å²) in [5.41, 5.74) is 1.51. The van der Waals surface area contributed by atoms with Gasteiger partial charge in [-0.25, -0.2) is 0 Å². The largest absolute Gasteiger partial charge is 0.497 e. The highest BCUT2D eigenvalue weighted by molar-refractivity contribution is 5.94. The van der Waals surface area contributed by atoms with E-state index < -0.39 is 0 Å². The Morgan fingerprint density at radius 1 is 1.00 bits per heavy atom. The number of amides is 2. The number of anilines is 1. The van der Waals surface area contributed by atoms with Crippen molar-refractivity contribution in [3.8, 4) is 11.5 Å². The summed E-state index contributed by atoms with van der Waals surface area (Å²) >= 11 is 0. The SMILES string of the molecule is CCN(CC(=O)Nc1cccc(OC)c1)C(=O)Cc1ccc(OC)cc1. The van der Waals surface area contributed by atoms with Crippen molar-refractivity contribution in [2.45, 2.75) is 13.3 Å². The monoisotopic (exact) mass is 356 g/mol. The molecule has 0 heterocycles. The van der Waals surface area contributed by atoms with Gasteiger partial charge in [0, 0.05) is 18.3 Å². The van der Waals surface area contributed by atoms with Crippen molar-refractivity contribution in [2.24, 2.45) is 0 Å². The number of rotatable bonds is 8. The van der Waals surface area contributed by atoms with E-state index in [1.807, 2.05) is 31.2 Å². The maximum Gasteiger partial charge on any atom is 0.243 e. The van der Waals surface area contributed by atoms with Crippen molar-refractivity contribution in [1.82, 2.24) is 4.90 Å². The van der Waals surface area contributed by atoms with Crippen LogP contribution in [0.25, 0.3) is 0 Å². The van der Waals surface area contributed by atoms with Gasteiger partial charge >= 0.3 is 0 Å². The summed E-state index contributed by atoms with van der Waals surface area (Å²) in [6, 6.07) is 14.4. The molecule has 0 bridgehead atoms. The van der Waals surface area contributed by atoms with Crippen molar-refractivity contribution in [1.29, 1.82) is 0 Å². The van der Waals surface area contributed by atoms with Crippen LogP contribution in [0.5, 0.6) is 11.5 Å². The molecule has 0 aromatic heterocycles. The molecule has 0 aliphatic heterocycles. The third-order valence-corrected chi connectivity index (χ3v) is 3.94. The first kappa shape index (κ1) is 19.3. The maximum absolute atomic E-state index is 12.5. The summed E-state index contributed by atoms with van der Waals surface area (Å²) in [4.78, 5) is 26.3. The van der Waals surface area contributed by atoms with E-state index in [1.165, 1.54) is 4.90 Å².